The third-order valence-corrected chi connectivity index (χ3v) is 4.51. The molecule has 2 aromatic rings. The van der Waals surface area contributed by atoms with Crippen LogP contribution in [0.25, 0.3) is 16.8 Å². The minimum absolute atomic E-state index is 0.0325. The molecule has 0 spiro atoms. The fourth-order valence-corrected chi connectivity index (χ4v) is 2.93. The summed E-state index contributed by atoms with van der Waals surface area (Å²) in [6.07, 6.45) is 7.33. The largest absolute Gasteiger partial charge is 0.507 e. The van der Waals surface area contributed by atoms with Crippen LogP contribution in [-0.4, -0.2) is 32.9 Å². The highest BCUT2D eigenvalue weighted by Gasteiger charge is 2.12. The highest BCUT2D eigenvalue weighted by molar-refractivity contribution is 5.74. The normalized spacial score (nSPS) is 15.5. The lowest BCUT2D eigenvalue weighted by atomic mass is 10.0. The quantitative estimate of drug-likeness (QED) is 0.716. The molecule has 7 heteroatoms. The van der Waals surface area contributed by atoms with Crippen molar-refractivity contribution in [3.05, 3.63) is 64.4 Å². The van der Waals surface area contributed by atoms with Crippen molar-refractivity contribution >= 4 is 5.70 Å². The maximum Gasteiger partial charge on any atom is 0.267 e. The third kappa shape index (κ3) is 3.72. The topological polar surface area (TPSA) is 110 Å². The number of hydrogen-bond donors (Lipinski definition) is 3. The summed E-state index contributed by atoms with van der Waals surface area (Å²) in [6, 6.07) is 6.55. The van der Waals surface area contributed by atoms with Gasteiger partial charge in [0.1, 0.15) is 5.75 Å². The van der Waals surface area contributed by atoms with Crippen LogP contribution in [-0.2, 0) is 7.05 Å². The summed E-state index contributed by atoms with van der Waals surface area (Å²) in [5.41, 5.74) is 14.2. The van der Waals surface area contributed by atoms with E-state index in [0.29, 0.717) is 28.2 Å². The van der Waals surface area contributed by atoms with Crippen molar-refractivity contribution in [1.82, 2.24) is 14.7 Å². The monoisotopic (exact) mass is 353 g/mol. The molecule has 0 atom stereocenters. The number of hydrogen-bond acceptors (Lipinski definition) is 6. The molecule has 7 nitrogen and oxygen atoms in total. The Morgan fingerprint density at radius 2 is 1.88 bits per heavy atom. The van der Waals surface area contributed by atoms with E-state index in [2.05, 4.69) is 10.00 Å². The van der Waals surface area contributed by atoms with Gasteiger partial charge in [-0.3, -0.25) is 4.79 Å². The number of nitrogens with two attached hydrogens (primary N) is 2. The molecule has 5 N–H and O–H groups in total. The number of aromatic hydroxyl groups is 1. The number of rotatable bonds is 4. The first-order valence-corrected chi connectivity index (χ1v) is 8.50. The Hall–Kier alpha value is -3.22. The Kier molecular flexibility index (Phi) is 4.97. The van der Waals surface area contributed by atoms with Crippen LogP contribution in [0, 0.1) is 0 Å². The summed E-state index contributed by atoms with van der Waals surface area (Å²) in [5, 5.41) is 14.3. The van der Waals surface area contributed by atoms with Crippen molar-refractivity contribution in [3.63, 3.8) is 0 Å². The van der Waals surface area contributed by atoms with E-state index < -0.39 is 0 Å². The smallest absolute Gasteiger partial charge is 0.267 e. The lowest BCUT2D eigenvalue weighted by Gasteiger charge is -2.16. The predicted octanol–water partition coefficient (Wildman–Crippen LogP) is 1.35. The van der Waals surface area contributed by atoms with E-state index in [9.17, 15) is 9.90 Å². The highest BCUT2D eigenvalue weighted by Crippen LogP contribution is 2.28. The van der Waals surface area contributed by atoms with Crippen LogP contribution in [0.15, 0.2) is 53.2 Å². The summed E-state index contributed by atoms with van der Waals surface area (Å²) in [4.78, 5) is 13.8. The molecule has 1 aromatic carbocycles. The Morgan fingerprint density at radius 3 is 2.54 bits per heavy atom. The van der Waals surface area contributed by atoms with Gasteiger partial charge >= 0.3 is 0 Å². The van der Waals surface area contributed by atoms with Crippen molar-refractivity contribution in [2.24, 2.45) is 18.5 Å². The van der Waals surface area contributed by atoms with Gasteiger partial charge in [0.25, 0.3) is 5.56 Å². The molecule has 26 heavy (non-hydrogen) atoms. The fourth-order valence-electron chi connectivity index (χ4n) is 2.93. The van der Waals surface area contributed by atoms with Crippen LogP contribution in [0.1, 0.15) is 18.4 Å². The molecule has 0 amide bonds. The average molecular weight is 353 g/mol. The number of benzene rings is 1. The zero-order valence-corrected chi connectivity index (χ0v) is 14.7. The summed E-state index contributed by atoms with van der Waals surface area (Å²) < 4.78 is 1.25. The Balaban J connectivity index is 1.84. The van der Waals surface area contributed by atoms with Crippen LogP contribution in [0.5, 0.6) is 5.75 Å². The second-order valence-electron chi connectivity index (χ2n) is 6.35. The molecule has 0 saturated carbocycles. The SMILES string of the molecule is Cn1ncc(-c2ccc(/C(N)=C/C=C(\N)N3CCCC3)c(O)c2)cc1=O. The van der Waals surface area contributed by atoms with Crippen molar-refractivity contribution < 1.29 is 5.11 Å². The number of likely N-dealkylation sites (tertiary alicyclic amines) is 1. The summed E-state index contributed by atoms with van der Waals surface area (Å²) in [5.74, 6) is 0.706. The van der Waals surface area contributed by atoms with Gasteiger partial charge < -0.3 is 21.5 Å². The van der Waals surface area contributed by atoms with Crippen LogP contribution in [0.4, 0.5) is 0 Å². The molecule has 1 fully saturated rings. The summed E-state index contributed by atoms with van der Waals surface area (Å²) >= 11 is 0. The van der Waals surface area contributed by atoms with E-state index in [1.165, 1.54) is 10.7 Å². The Bertz CT molecular complexity index is 924. The van der Waals surface area contributed by atoms with Crippen molar-refractivity contribution in [2.75, 3.05) is 13.1 Å². The van der Waals surface area contributed by atoms with Gasteiger partial charge in [0.15, 0.2) is 0 Å². The van der Waals surface area contributed by atoms with Gasteiger partial charge in [-0.1, -0.05) is 6.07 Å². The second-order valence-corrected chi connectivity index (χ2v) is 6.35. The van der Waals surface area contributed by atoms with E-state index in [1.807, 2.05) is 0 Å². The molecular weight excluding hydrogens is 330 g/mol. The van der Waals surface area contributed by atoms with Gasteiger partial charge in [0, 0.05) is 43.0 Å². The van der Waals surface area contributed by atoms with Crippen LogP contribution in [0.2, 0.25) is 0 Å². The van der Waals surface area contributed by atoms with E-state index in [4.69, 9.17) is 11.5 Å². The molecule has 0 radical (unpaired) electrons. The molecule has 1 aromatic heterocycles. The van der Waals surface area contributed by atoms with Gasteiger partial charge in [-0.05, 0) is 42.7 Å². The van der Waals surface area contributed by atoms with Crippen molar-refractivity contribution in [2.45, 2.75) is 12.8 Å². The van der Waals surface area contributed by atoms with Crippen molar-refractivity contribution in [1.29, 1.82) is 0 Å². The number of nitrogens with zero attached hydrogens (tertiary/aromatic N) is 3. The first-order chi connectivity index (χ1) is 12.5. The van der Waals surface area contributed by atoms with Crippen LogP contribution in [0.3, 0.4) is 0 Å². The van der Waals surface area contributed by atoms with E-state index in [0.717, 1.165) is 25.9 Å². The molecule has 1 aliphatic rings. The maximum absolute atomic E-state index is 11.7. The number of aryl methyl sites for hydroxylation is 1. The minimum atomic E-state index is -0.215. The van der Waals surface area contributed by atoms with Gasteiger partial charge in [0.05, 0.1) is 12.0 Å². The van der Waals surface area contributed by atoms with E-state index in [-0.39, 0.29) is 11.3 Å². The van der Waals surface area contributed by atoms with Gasteiger partial charge in [-0.25, -0.2) is 4.68 Å². The number of allylic oxidation sites excluding steroid dienone is 2. The summed E-state index contributed by atoms with van der Waals surface area (Å²) in [7, 11) is 1.58. The van der Waals surface area contributed by atoms with Crippen LogP contribution < -0.4 is 17.0 Å². The molecule has 3 rings (SSSR count). The molecule has 0 bridgehead atoms. The number of phenolic OH excluding ortho intramolecular Hbond substituents is 1. The number of phenols is 1. The first kappa shape index (κ1) is 17.6. The number of aromatic nitrogens is 2. The molecule has 0 aliphatic carbocycles. The molecular formula is C19H23N5O2. The summed E-state index contributed by atoms with van der Waals surface area (Å²) in [6.45, 7) is 1.92. The van der Waals surface area contributed by atoms with Gasteiger partial charge in [0.2, 0.25) is 0 Å². The zero-order valence-electron chi connectivity index (χ0n) is 14.7. The fraction of sp³-hybridized carbons (Fsp3) is 0.263. The average Bonchev–Trinajstić information content (AvgIpc) is 3.16. The second kappa shape index (κ2) is 7.35. The molecule has 1 saturated heterocycles. The Morgan fingerprint density at radius 1 is 1.15 bits per heavy atom. The predicted molar refractivity (Wildman–Crippen MR) is 102 cm³/mol. The van der Waals surface area contributed by atoms with Gasteiger partial charge in [-0.2, -0.15) is 5.10 Å². The first-order valence-electron chi connectivity index (χ1n) is 8.50. The molecule has 0 unspecified atom stereocenters. The van der Waals surface area contributed by atoms with Gasteiger partial charge in [-0.15, -0.1) is 0 Å². The van der Waals surface area contributed by atoms with Crippen molar-refractivity contribution in [3.8, 4) is 16.9 Å². The lowest BCUT2D eigenvalue weighted by molar-refractivity contribution is 0.422. The highest BCUT2D eigenvalue weighted by atomic mass is 16.3. The van der Waals surface area contributed by atoms with Crippen LogP contribution >= 0.6 is 0 Å². The Labute approximate surface area is 151 Å². The minimum Gasteiger partial charge on any atom is -0.507 e. The lowest BCUT2D eigenvalue weighted by Crippen LogP contribution is -2.24. The standard InChI is InChI=1S/C19H23N5O2/c1-23-19(26)11-14(12-22-23)13-4-5-15(17(25)10-13)16(20)6-7-18(21)24-8-2-3-9-24/h4-7,10-12,25H,2-3,8-9,20-21H2,1H3/b16-6-,18-7+. The zero-order chi connectivity index (χ0) is 18.7. The molecule has 136 valence electrons. The van der Waals surface area contributed by atoms with E-state index in [1.54, 1.807) is 43.6 Å². The third-order valence-electron chi connectivity index (χ3n) is 4.51. The van der Waals surface area contributed by atoms with E-state index >= 15 is 0 Å². The molecule has 1 aliphatic heterocycles. The maximum atomic E-state index is 11.7. The molecule has 2 heterocycles.